The van der Waals surface area contributed by atoms with Crippen LogP contribution in [0.5, 0.6) is 0 Å². The molecule has 4 nitrogen and oxygen atoms in total. The minimum atomic E-state index is -4.42. The van der Waals surface area contributed by atoms with Crippen molar-refractivity contribution in [3.05, 3.63) is 58.1 Å². The zero-order valence-electron chi connectivity index (χ0n) is 13.1. The lowest BCUT2D eigenvalue weighted by molar-refractivity contribution is -0.137. The van der Waals surface area contributed by atoms with E-state index >= 15 is 0 Å². The third-order valence-electron chi connectivity index (χ3n) is 3.65. The molecular weight excluding hydrogens is 351 g/mol. The fourth-order valence-corrected chi connectivity index (χ4v) is 3.43. The molecule has 0 aliphatic heterocycles. The van der Waals surface area contributed by atoms with Crippen molar-refractivity contribution in [1.29, 1.82) is 0 Å². The van der Waals surface area contributed by atoms with Gasteiger partial charge in [0.2, 0.25) is 0 Å². The fourth-order valence-electron chi connectivity index (χ4n) is 2.38. The molecular formula is C17H14F3N3OS. The van der Waals surface area contributed by atoms with Crippen molar-refractivity contribution in [2.45, 2.75) is 19.6 Å². The topological polar surface area (TPSA) is 68.0 Å². The second kappa shape index (κ2) is 6.36. The Labute approximate surface area is 145 Å². The molecule has 130 valence electrons. The van der Waals surface area contributed by atoms with Gasteiger partial charge < -0.3 is 11.1 Å². The van der Waals surface area contributed by atoms with E-state index in [1.807, 2.05) is 6.92 Å². The Balaban J connectivity index is 1.78. The Bertz CT molecular complexity index is 950. The number of aryl methyl sites for hydroxylation is 1. The monoisotopic (exact) mass is 365 g/mol. The van der Waals surface area contributed by atoms with Crippen LogP contribution in [0.2, 0.25) is 0 Å². The molecule has 0 aliphatic carbocycles. The zero-order chi connectivity index (χ0) is 18.2. The van der Waals surface area contributed by atoms with Crippen molar-refractivity contribution in [2.24, 2.45) is 0 Å². The summed E-state index contributed by atoms with van der Waals surface area (Å²) in [6, 6.07) is 8.44. The number of carbonyl (C=O) groups excluding carboxylic acids is 1. The van der Waals surface area contributed by atoms with E-state index in [9.17, 15) is 18.0 Å². The summed E-state index contributed by atoms with van der Waals surface area (Å²) in [5.74, 6) is -0.435. The molecule has 0 saturated heterocycles. The number of alkyl halides is 3. The summed E-state index contributed by atoms with van der Waals surface area (Å²) >= 11 is 1.16. The lowest BCUT2D eigenvalue weighted by Gasteiger charge is -2.09. The van der Waals surface area contributed by atoms with Crippen molar-refractivity contribution < 1.29 is 18.0 Å². The number of nitrogen functional groups attached to an aromatic ring is 1. The van der Waals surface area contributed by atoms with Gasteiger partial charge in [-0.3, -0.25) is 4.79 Å². The molecule has 0 unspecified atom stereocenters. The van der Waals surface area contributed by atoms with Gasteiger partial charge in [-0.05, 0) is 36.8 Å². The van der Waals surface area contributed by atoms with Gasteiger partial charge in [-0.2, -0.15) is 13.2 Å². The van der Waals surface area contributed by atoms with E-state index in [0.717, 1.165) is 29.2 Å². The van der Waals surface area contributed by atoms with Crippen LogP contribution in [-0.2, 0) is 12.7 Å². The third-order valence-corrected chi connectivity index (χ3v) is 4.76. The van der Waals surface area contributed by atoms with Crippen LogP contribution >= 0.6 is 11.3 Å². The zero-order valence-corrected chi connectivity index (χ0v) is 14.0. The first-order chi connectivity index (χ1) is 11.8. The summed E-state index contributed by atoms with van der Waals surface area (Å²) in [5.41, 5.74) is 6.75. The van der Waals surface area contributed by atoms with E-state index in [0.29, 0.717) is 26.3 Å². The van der Waals surface area contributed by atoms with Crippen molar-refractivity contribution in [1.82, 2.24) is 10.3 Å². The highest BCUT2D eigenvalue weighted by molar-refractivity contribution is 7.21. The van der Waals surface area contributed by atoms with Crippen LogP contribution in [0.3, 0.4) is 0 Å². The number of benzene rings is 1. The van der Waals surface area contributed by atoms with Crippen LogP contribution in [-0.4, -0.2) is 10.9 Å². The summed E-state index contributed by atoms with van der Waals surface area (Å²) in [6.45, 7) is 1.81. The first-order valence-electron chi connectivity index (χ1n) is 7.35. The van der Waals surface area contributed by atoms with Gasteiger partial charge in [-0.15, -0.1) is 11.3 Å². The number of anilines is 1. The molecule has 1 amide bonds. The molecule has 0 aliphatic rings. The van der Waals surface area contributed by atoms with Crippen LogP contribution < -0.4 is 11.1 Å². The summed E-state index contributed by atoms with van der Waals surface area (Å²) in [4.78, 5) is 17.6. The van der Waals surface area contributed by atoms with Crippen molar-refractivity contribution >= 4 is 33.1 Å². The average molecular weight is 365 g/mol. The molecule has 8 heteroatoms. The Morgan fingerprint density at radius 3 is 2.76 bits per heavy atom. The molecule has 25 heavy (non-hydrogen) atoms. The van der Waals surface area contributed by atoms with E-state index in [1.165, 1.54) is 12.1 Å². The summed E-state index contributed by atoms with van der Waals surface area (Å²) in [5, 5.41) is 3.30. The number of pyridine rings is 1. The predicted molar refractivity (Wildman–Crippen MR) is 91.4 cm³/mol. The van der Waals surface area contributed by atoms with Crippen LogP contribution in [0.15, 0.2) is 36.4 Å². The molecule has 2 aromatic heterocycles. The van der Waals surface area contributed by atoms with Gasteiger partial charge in [-0.1, -0.05) is 12.1 Å². The van der Waals surface area contributed by atoms with Crippen molar-refractivity contribution in [2.75, 3.05) is 5.73 Å². The highest BCUT2D eigenvalue weighted by Gasteiger charge is 2.30. The van der Waals surface area contributed by atoms with Crippen molar-refractivity contribution in [3.63, 3.8) is 0 Å². The maximum Gasteiger partial charge on any atom is 0.416 e. The van der Waals surface area contributed by atoms with Gasteiger partial charge in [-0.25, -0.2) is 4.98 Å². The van der Waals surface area contributed by atoms with Crippen LogP contribution in [0.25, 0.3) is 10.2 Å². The molecule has 0 radical (unpaired) electrons. The van der Waals surface area contributed by atoms with E-state index in [4.69, 9.17) is 5.73 Å². The average Bonchev–Trinajstić information content (AvgIpc) is 2.88. The lowest BCUT2D eigenvalue weighted by Crippen LogP contribution is -2.22. The Hall–Kier alpha value is -2.61. The molecule has 3 aromatic rings. The van der Waals surface area contributed by atoms with Gasteiger partial charge in [0, 0.05) is 17.6 Å². The maximum atomic E-state index is 12.7. The van der Waals surface area contributed by atoms with Gasteiger partial charge in [0.15, 0.2) is 0 Å². The Morgan fingerprint density at radius 2 is 2.04 bits per heavy atom. The van der Waals surface area contributed by atoms with E-state index in [1.54, 1.807) is 12.1 Å². The second-order valence-corrected chi connectivity index (χ2v) is 6.53. The van der Waals surface area contributed by atoms with Gasteiger partial charge >= 0.3 is 6.18 Å². The molecule has 3 N–H and O–H groups in total. The van der Waals surface area contributed by atoms with Crippen LogP contribution in [0.1, 0.15) is 26.5 Å². The highest BCUT2D eigenvalue weighted by Crippen LogP contribution is 2.32. The van der Waals surface area contributed by atoms with Crippen LogP contribution in [0.4, 0.5) is 18.9 Å². The second-order valence-electron chi connectivity index (χ2n) is 5.53. The maximum absolute atomic E-state index is 12.7. The number of thiophene rings is 1. The Morgan fingerprint density at radius 1 is 1.28 bits per heavy atom. The highest BCUT2D eigenvalue weighted by atomic mass is 32.1. The molecule has 0 fully saturated rings. The number of nitrogens with zero attached hydrogens (tertiary/aromatic N) is 1. The number of carbonyl (C=O) groups is 1. The minimum Gasteiger partial charge on any atom is -0.397 e. The minimum absolute atomic E-state index is 0.0249. The first kappa shape index (κ1) is 17.2. The summed E-state index contributed by atoms with van der Waals surface area (Å²) in [7, 11) is 0. The first-order valence-corrected chi connectivity index (χ1v) is 8.17. The number of rotatable bonds is 3. The quantitative estimate of drug-likeness (QED) is 0.733. The summed E-state index contributed by atoms with van der Waals surface area (Å²) < 4.78 is 38.2. The molecule has 0 atom stereocenters. The largest absolute Gasteiger partial charge is 0.416 e. The Kier molecular flexibility index (Phi) is 4.38. The molecule has 0 spiro atoms. The SMILES string of the molecule is Cc1ccc2c(N)c(C(=O)NCc3cccc(C(F)(F)F)c3)sc2n1. The van der Waals surface area contributed by atoms with E-state index < -0.39 is 17.6 Å². The number of amides is 1. The molecule has 3 rings (SSSR count). The summed E-state index contributed by atoms with van der Waals surface area (Å²) in [6.07, 6.45) is -4.42. The third kappa shape index (κ3) is 3.58. The van der Waals surface area contributed by atoms with E-state index in [2.05, 4.69) is 10.3 Å². The van der Waals surface area contributed by atoms with Crippen LogP contribution in [0, 0.1) is 6.92 Å². The van der Waals surface area contributed by atoms with Gasteiger partial charge in [0.1, 0.15) is 9.71 Å². The number of halogens is 3. The predicted octanol–water partition coefficient (Wildman–Crippen LogP) is 4.14. The number of fused-ring (bicyclic) bond motifs is 1. The number of nitrogens with two attached hydrogens (primary N) is 1. The molecule has 0 saturated carbocycles. The molecule has 0 bridgehead atoms. The van der Waals surface area contributed by atoms with Gasteiger partial charge in [0.05, 0.1) is 11.3 Å². The van der Waals surface area contributed by atoms with Gasteiger partial charge in [0.25, 0.3) is 5.91 Å². The molecule has 1 aromatic carbocycles. The standard InChI is InChI=1S/C17H14F3N3OS/c1-9-5-6-12-13(21)14(25-16(12)23-9)15(24)22-8-10-3-2-4-11(7-10)17(18,19)20/h2-7H,8,21H2,1H3,(H,22,24). The molecule has 2 heterocycles. The van der Waals surface area contributed by atoms with E-state index in [-0.39, 0.29) is 6.54 Å². The normalized spacial score (nSPS) is 11.7. The number of aromatic nitrogens is 1. The smallest absolute Gasteiger partial charge is 0.397 e. The number of hydrogen-bond donors (Lipinski definition) is 2. The van der Waals surface area contributed by atoms with Crippen molar-refractivity contribution in [3.8, 4) is 0 Å². The number of nitrogens with one attached hydrogen (secondary N) is 1. The number of hydrogen-bond acceptors (Lipinski definition) is 4. The fraction of sp³-hybridized carbons (Fsp3) is 0.176. The lowest BCUT2D eigenvalue weighted by atomic mass is 10.1.